The van der Waals surface area contributed by atoms with Crippen molar-refractivity contribution >= 4 is 35.6 Å². The lowest BCUT2D eigenvalue weighted by molar-refractivity contribution is 0.297. The minimum absolute atomic E-state index is 0. The maximum atomic E-state index is 5.75. The van der Waals surface area contributed by atoms with E-state index in [0.29, 0.717) is 19.1 Å². The summed E-state index contributed by atoms with van der Waals surface area (Å²) in [6.07, 6.45) is 3.40. The lowest BCUT2D eigenvalue weighted by atomic mass is 10.1. The van der Waals surface area contributed by atoms with Crippen LogP contribution < -0.4 is 20.1 Å². The first-order valence-electron chi connectivity index (χ1n) is 9.38. The second-order valence-electron chi connectivity index (χ2n) is 6.75. The van der Waals surface area contributed by atoms with Gasteiger partial charge in [-0.15, -0.1) is 24.0 Å². The summed E-state index contributed by atoms with van der Waals surface area (Å²) in [6.45, 7) is 8.20. The SMILES string of the molecule is CCCN1CCC(CNC(=NC)Nc2ccc3c(c2)OCCCO3)C1.I. The molecule has 0 radical (unpaired) electrons. The molecule has 1 unspecified atom stereocenters. The zero-order valence-electron chi connectivity index (χ0n) is 15.8. The van der Waals surface area contributed by atoms with Crippen molar-refractivity contribution < 1.29 is 9.47 Å². The monoisotopic (exact) mass is 474 g/mol. The number of guanidine groups is 1. The van der Waals surface area contributed by atoms with Gasteiger partial charge in [-0.2, -0.15) is 0 Å². The van der Waals surface area contributed by atoms with Crippen LogP contribution in [0.4, 0.5) is 5.69 Å². The third-order valence-electron chi connectivity index (χ3n) is 4.70. The fourth-order valence-electron chi connectivity index (χ4n) is 3.40. The highest BCUT2D eigenvalue weighted by atomic mass is 127. The molecule has 0 aromatic heterocycles. The molecule has 1 aromatic rings. The van der Waals surface area contributed by atoms with Gasteiger partial charge < -0.3 is 25.0 Å². The average Bonchev–Trinajstić information content (AvgIpc) is 2.94. The standard InChI is InChI=1S/C19H30N4O2.HI/c1-3-8-23-9-7-15(14-23)13-21-19(20-2)22-16-5-6-17-18(12-16)25-11-4-10-24-17;/h5-6,12,15H,3-4,7-11,13-14H2,1-2H3,(H2,20,21,22);1H. The average molecular weight is 474 g/mol. The minimum Gasteiger partial charge on any atom is -0.490 e. The van der Waals surface area contributed by atoms with Crippen molar-refractivity contribution in [2.75, 3.05) is 51.8 Å². The van der Waals surface area contributed by atoms with E-state index in [4.69, 9.17) is 9.47 Å². The van der Waals surface area contributed by atoms with Crippen LogP contribution in [0, 0.1) is 5.92 Å². The highest BCUT2D eigenvalue weighted by Gasteiger charge is 2.21. The number of nitrogens with one attached hydrogen (secondary N) is 2. The first kappa shape index (κ1) is 21.1. The molecule has 6 nitrogen and oxygen atoms in total. The lowest BCUT2D eigenvalue weighted by Crippen LogP contribution is -2.35. The number of fused-ring (bicyclic) bond motifs is 1. The van der Waals surface area contributed by atoms with Crippen LogP contribution >= 0.6 is 24.0 Å². The van der Waals surface area contributed by atoms with Gasteiger partial charge in [0, 0.05) is 38.3 Å². The van der Waals surface area contributed by atoms with Crippen LogP contribution in [0.1, 0.15) is 26.2 Å². The van der Waals surface area contributed by atoms with Crippen molar-refractivity contribution in [1.82, 2.24) is 10.2 Å². The number of hydrogen-bond donors (Lipinski definition) is 2. The van der Waals surface area contributed by atoms with Gasteiger partial charge in [-0.1, -0.05) is 6.92 Å². The summed E-state index contributed by atoms with van der Waals surface area (Å²) in [5.41, 5.74) is 0.955. The lowest BCUT2D eigenvalue weighted by Gasteiger charge is -2.17. The zero-order valence-corrected chi connectivity index (χ0v) is 18.1. The molecule has 146 valence electrons. The number of aliphatic imine (C=N–C) groups is 1. The number of hydrogen-bond acceptors (Lipinski definition) is 4. The normalized spacial score (nSPS) is 20.2. The molecule has 2 aliphatic heterocycles. The van der Waals surface area contributed by atoms with E-state index in [-0.39, 0.29) is 24.0 Å². The van der Waals surface area contributed by atoms with Crippen LogP contribution in [0.5, 0.6) is 11.5 Å². The van der Waals surface area contributed by atoms with Gasteiger partial charge in [0.1, 0.15) is 0 Å². The van der Waals surface area contributed by atoms with Gasteiger partial charge in [-0.3, -0.25) is 4.99 Å². The molecule has 2 aliphatic rings. The maximum Gasteiger partial charge on any atom is 0.195 e. The molecule has 1 atom stereocenters. The summed E-state index contributed by atoms with van der Waals surface area (Å²) in [4.78, 5) is 6.89. The number of ether oxygens (including phenoxy) is 2. The van der Waals surface area contributed by atoms with E-state index in [1.54, 1.807) is 7.05 Å². The molecule has 2 heterocycles. The Labute approximate surface area is 173 Å². The molecule has 1 fully saturated rings. The quantitative estimate of drug-likeness (QED) is 0.390. The Morgan fingerprint density at radius 2 is 2.08 bits per heavy atom. The molecule has 26 heavy (non-hydrogen) atoms. The molecule has 1 aromatic carbocycles. The van der Waals surface area contributed by atoms with Crippen LogP contribution in [0.2, 0.25) is 0 Å². The second-order valence-corrected chi connectivity index (χ2v) is 6.75. The Kier molecular flexibility index (Phi) is 8.77. The molecule has 2 N–H and O–H groups in total. The van der Waals surface area contributed by atoms with Crippen LogP contribution in [-0.4, -0.2) is 57.3 Å². The van der Waals surface area contributed by atoms with Gasteiger partial charge in [0.15, 0.2) is 17.5 Å². The van der Waals surface area contributed by atoms with Crippen molar-refractivity contribution in [2.24, 2.45) is 10.9 Å². The summed E-state index contributed by atoms with van der Waals surface area (Å²) in [5.74, 6) is 3.09. The van der Waals surface area contributed by atoms with Crippen LogP contribution in [0.25, 0.3) is 0 Å². The Hall–Kier alpha value is -1.22. The molecule has 0 saturated carbocycles. The molecule has 1 saturated heterocycles. The van der Waals surface area contributed by atoms with Gasteiger partial charge in [-0.05, 0) is 44.0 Å². The number of benzene rings is 1. The first-order valence-corrected chi connectivity index (χ1v) is 9.38. The summed E-state index contributed by atoms with van der Waals surface area (Å²) < 4.78 is 11.4. The molecular formula is C19H31IN4O2. The Balaban J connectivity index is 0.00000243. The largest absolute Gasteiger partial charge is 0.490 e. The van der Waals surface area contributed by atoms with Gasteiger partial charge >= 0.3 is 0 Å². The summed E-state index contributed by atoms with van der Waals surface area (Å²) in [6, 6.07) is 5.93. The van der Waals surface area contributed by atoms with E-state index in [9.17, 15) is 0 Å². The van der Waals surface area contributed by atoms with E-state index in [1.165, 1.54) is 32.5 Å². The maximum absolute atomic E-state index is 5.75. The molecule has 3 rings (SSSR count). The molecule has 0 aliphatic carbocycles. The first-order chi connectivity index (χ1) is 12.3. The smallest absolute Gasteiger partial charge is 0.195 e. The molecule has 7 heteroatoms. The fourth-order valence-corrected chi connectivity index (χ4v) is 3.40. The van der Waals surface area contributed by atoms with Crippen molar-refractivity contribution in [3.8, 4) is 11.5 Å². The van der Waals surface area contributed by atoms with Crippen molar-refractivity contribution in [3.63, 3.8) is 0 Å². The Morgan fingerprint density at radius 3 is 2.85 bits per heavy atom. The highest BCUT2D eigenvalue weighted by molar-refractivity contribution is 14.0. The summed E-state index contributed by atoms with van der Waals surface area (Å²) in [7, 11) is 1.80. The van der Waals surface area contributed by atoms with Crippen molar-refractivity contribution in [1.29, 1.82) is 0 Å². The van der Waals surface area contributed by atoms with Crippen LogP contribution in [0.3, 0.4) is 0 Å². The number of rotatable bonds is 5. The molecule has 0 amide bonds. The highest BCUT2D eigenvalue weighted by Crippen LogP contribution is 2.32. The second kappa shape index (κ2) is 10.8. The zero-order chi connectivity index (χ0) is 17.5. The van der Waals surface area contributed by atoms with Gasteiger partial charge in [0.05, 0.1) is 13.2 Å². The van der Waals surface area contributed by atoms with E-state index in [2.05, 4.69) is 27.4 Å². The molecule has 0 bridgehead atoms. The fraction of sp³-hybridized carbons (Fsp3) is 0.632. The molecule has 0 spiro atoms. The number of anilines is 1. The molecular weight excluding hydrogens is 443 g/mol. The Bertz CT molecular complexity index is 597. The van der Waals surface area contributed by atoms with Crippen LogP contribution in [0.15, 0.2) is 23.2 Å². The third-order valence-corrected chi connectivity index (χ3v) is 4.70. The van der Waals surface area contributed by atoms with Gasteiger partial charge in [0.25, 0.3) is 0 Å². The van der Waals surface area contributed by atoms with Crippen molar-refractivity contribution in [2.45, 2.75) is 26.2 Å². The summed E-state index contributed by atoms with van der Waals surface area (Å²) in [5, 5.41) is 6.80. The van der Waals surface area contributed by atoms with E-state index in [1.807, 2.05) is 18.2 Å². The number of likely N-dealkylation sites (tertiary alicyclic amines) is 1. The van der Waals surface area contributed by atoms with E-state index in [0.717, 1.165) is 36.1 Å². The van der Waals surface area contributed by atoms with E-state index < -0.39 is 0 Å². The number of halogens is 1. The summed E-state index contributed by atoms with van der Waals surface area (Å²) >= 11 is 0. The van der Waals surface area contributed by atoms with Crippen LogP contribution in [-0.2, 0) is 0 Å². The van der Waals surface area contributed by atoms with Crippen molar-refractivity contribution in [3.05, 3.63) is 18.2 Å². The Morgan fingerprint density at radius 1 is 1.27 bits per heavy atom. The third kappa shape index (κ3) is 5.90. The number of nitrogens with zero attached hydrogens (tertiary/aromatic N) is 2. The minimum atomic E-state index is 0. The van der Waals surface area contributed by atoms with Gasteiger partial charge in [-0.25, -0.2) is 0 Å². The topological polar surface area (TPSA) is 58.1 Å². The predicted molar refractivity (Wildman–Crippen MR) is 117 cm³/mol. The van der Waals surface area contributed by atoms with E-state index >= 15 is 0 Å². The predicted octanol–water partition coefficient (Wildman–Crippen LogP) is 3.19. The van der Waals surface area contributed by atoms with Gasteiger partial charge in [0.2, 0.25) is 0 Å².